The van der Waals surface area contributed by atoms with Gasteiger partial charge in [0, 0.05) is 28.2 Å². The number of Topliss-reactive ketones (excluding diaryl/α,β-unsaturated/α-hetero) is 1. The number of ketones is 1. The highest BCUT2D eigenvalue weighted by molar-refractivity contribution is 6.06. The Balaban J connectivity index is 1.60. The Kier molecular flexibility index (Phi) is 4.62. The van der Waals surface area contributed by atoms with E-state index in [-0.39, 0.29) is 11.7 Å². The van der Waals surface area contributed by atoms with Gasteiger partial charge >= 0.3 is 5.97 Å². The summed E-state index contributed by atoms with van der Waals surface area (Å²) in [7, 11) is 0. The van der Waals surface area contributed by atoms with Crippen LogP contribution in [0.3, 0.4) is 0 Å². The molecule has 1 heterocycles. The number of aliphatic carboxylic acids is 1. The number of carbonyl (C=O) groups is 2. The van der Waals surface area contributed by atoms with Gasteiger partial charge in [-0.2, -0.15) is 0 Å². The van der Waals surface area contributed by atoms with Crippen LogP contribution in [-0.4, -0.2) is 28.6 Å². The van der Waals surface area contributed by atoms with Gasteiger partial charge in [0.15, 0.2) is 12.4 Å². The number of ether oxygens (including phenoxy) is 1. The van der Waals surface area contributed by atoms with Gasteiger partial charge in [0.05, 0.1) is 0 Å². The van der Waals surface area contributed by atoms with Crippen molar-refractivity contribution in [3.05, 3.63) is 48.2 Å². The van der Waals surface area contributed by atoms with Crippen LogP contribution in [0.5, 0.6) is 5.75 Å². The summed E-state index contributed by atoms with van der Waals surface area (Å²) in [6.07, 6.45) is 5.67. The second-order valence-corrected chi connectivity index (χ2v) is 6.79. The zero-order valence-electron chi connectivity index (χ0n) is 14.7. The maximum Gasteiger partial charge on any atom is 0.341 e. The van der Waals surface area contributed by atoms with Gasteiger partial charge < -0.3 is 14.4 Å². The minimum atomic E-state index is -1.03. The van der Waals surface area contributed by atoms with Crippen molar-refractivity contribution in [3.8, 4) is 28.1 Å². The number of carbonyl (C=O) groups excluding carboxylic acids is 1. The summed E-state index contributed by atoms with van der Waals surface area (Å²) in [6.45, 7) is -0.391. The molecule has 2 aliphatic carbocycles. The smallest absolute Gasteiger partial charge is 0.341 e. The minimum Gasteiger partial charge on any atom is -0.482 e. The first-order chi connectivity index (χ1) is 13.1. The van der Waals surface area contributed by atoms with Crippen LogP contribution >= 0.6 is 0 Å². The predicted octanol–water partition coefficient (Wildman–Crippen LogP) is 4.28. The van der Waals surface area contributed by atoms with Crippen molar-refractivity contribution in [2.45, 2.75) is 25.7 Å². The van der Waals surface area contributed by atoms with Crippen LogP contribution in [0.15, 0.2) is 47.2 Å². The van der Waals surface area contributed by atoms with E-state index < -0.39 is 12.6 Å². The molecule has 0 amide bonds. The maximum absolute atomic E-state index is 12.8. The molecule has 0 unspecified atom stereocenters. The van der Waals surface area contributed by atoms with E-state index in [1.165, 1.54) is 6.26 Å². The Morgan fingerprint density at radius 1 is 1.07 bits per heavy atom. The third-order valence-corrected chi connectivity index (χ3v) is 5.05. The molecule has 1 saturated carbocycles. The fourth-order valence-electron chi connectivity index (χ4n) is 3.69. The molecule has 138 valence electrons. The second-order valence-electron chi connectivity index (χ2n) is 6.79. The molecule has 1 aromatic rings. The highest BCUT2D eigenvalue weighted by atomic mass is 16.5. The van der Waals surface area contributed by atoms with E-state index in [1.54, 1.807) is 24.3 Å². The molecular formula is C21H19NO5. The summed E-state index contributed by atoms with van der Waals surface area (Å²) >= 11 is 0. The topological polar surface area (TPSA) is 89.6 Å². The summed E-state index contributed by atoms with van der Waals surface area (Å²) in [5.74, 6) is -0.268. The van der Waals surface area contributed by atoms with Crippen molar-refractivity contribution in [2.75, 3.05) is 6.61 Å². The van der Waals surface area contributed by atoms with E-state index in [1.807, 2.05) is 12.1 Å². The van der Waals surface area contributed by atoms with Crippen molar-refractivity contribution in [3.63, 3.8) is 0 Å². The van der Waals surface area contributed by atoms with E-state index in [0.717, 1.165) is 42.4 Å². The highest BCUT2D eigenvalue weighted by Gasteiger charge is 2.28. The number of rotatable bonds is 6. The lowest BCUT2D eigenvalue weighted by Crippen LogP contribution is -2.11. The Labute approximate surface area is 156 Å². The molecule has 0 aromatic heterocycles. The zero-order chi connectivity index (χ0) is 18.8. The average molecular weight is 365 g/mol. The van der Waals surface area contributed by atoms with Crippen LogP contribution in [0.25, 0.3) is 22.4 Å². The molecule has 1 aromatic carbocycles. The van der Waals surface area contributed by atoms with Crippen molar-refractivity contribution in [2.24, 2.45) is 5.92 Å². The zero-order valence-corrected chi connectivity index (χ0v) is 14.7. The molecule has 1 aliphatic heterocycles. The van der Waals surface area contributed by atoms with Gasteiger partial charge in [0.1, 0.15) is 17.7 Å². The lowest BCUT2D eigenvalue weighted by molar-refractivity contribution is -0.139. The van der Waals surface area contributed by atoms with Gasteiger partial charge in [-0.05, 0) is 43.2 Å². The highest BCUT2D eigenvalue weighted by Crippen LogP contribution is 2.38. The van der Waals surface area contributed by atoms with E-state index in [9.17, 15) is 9.59 Å². The number of benzene rings is 1. The van der Waals surface area contributed by atoms with E-state index in [4.69, 9.17) is 14.4 Å². The van der Waals surface area contributed by atoms with Crippen molar-refractivity contribution in [1.29, 1.82) is 0 Å². The van der Waals surface area contributed by atoms with Crippen molar-refractivity contribution < 1.29 is 24.0 Å². The third-order valence-electron chi connectivity index (χ3n) is 5.05. The molecule has 0 radical (unpaired) electrons. The summed E-state index contributed by atoms with van der Waals surface area (Å²) in [6, 6.07) is 10.7. The van der Waals surface area contributed by atoms with Gasteiger partial charge in [-0.3, -0.25) is 4.79 Å². The van der Waals surface area contributed by atoms with Crippen LogP contribution in [-0.2, 0) is 4.79 Å². The van der Waals surface area contributed by atoms with Crippen LogP contribution in [0.1, 0.15) is 36.0 Å². The number of nitrogens with zero attached hydrogens (tertiary/aromatic N) is 1. The van der Waals surface area contributed by atoms with Crippen LogP contribution in [0.2, 0.25) is 0 Å². The largest absolute Gasteiger partial charge is 0.482 e. The summed E-state index contributed by atoms with van der Waals surface area (Å²) in [5, 5.41) is 12.8. The van der Waals surface area contributed by atoms with Gasteiger partial charge in [-0.1, -0.05) is 24.1 Å². The SMILES string of the molecule is O=C(O)COc1ccc(-c2nocc3c(C(=O)C4CCCC4)ccc2-3)cc1. The standard InChI is InChI=1S/C21H19NO5/c23-19(24)12-26-15-7-5-13(6-8-15)20-16-9-10-17(18(16)11-27-22-20)21(25)14-3-1-2-4-14/h5-11,14H,1-4,12H2,(H,23,24). The van der Waals surface area contributed by atoms with E-state index in [0.29, 0.717) is 17.0 Å². The Bertz CT molecular complexity index is 938. The second kappa shape index (κ2) is 7.23. The number of carboxylic acid groups (broad SMARTS) is 1. The van der Waals surface area contributed by atoms with E-state index in [2.05, 4.69) is 5.16 Å². The summed E-state index contributed by atoms with van der Waals surface area (Å²) < 4.78 is 10.4. The molecular weight excluding hydrogens is 346 g/mol. The van der Waals surface area contributed by atoms with Crippen LogP contribution < -0.4 is 4.74 Å². The fourth-order valence-corrected chi connectivity index (χ4v) is 3.69. The van der Waals surface area contributed by atoms with Gasteiger partial charge in [0.25, 0.3) is 0 Å². The number of hydrogen-bond donors (Lipinski definition) is 1. The molecule has 0 spiro atoms. The molecule has 6 nitrogen and oxygen atoms in total. The number of carboxylic acids is 1. The van der Waals surface area contributed by atoms with Crippen LogP contribution in [0.4, 0.5) is 0 Å². The molecule has 6 heteroatoms. The number of aromatic nitrogens is 1. The molecule has 0 atom stereocenters. The molecule has 3 aliphatic rings. The number of hydrogen-bond acceptors (Lipinski definition) is 5. The Morgan fingerprint density at radius 2 is 1.81 bits per heavy atom. The first-order valence-corrected chi connectivity index (χ1v) is 9.00. The first-order valence-electron chi connectivity index (χ1n) is 9.00. The van der Waals surface area contributed by atoms with Gasteiger partial charge in [0.2, 0.25) is 0 Å². The number of fused-ring (bicyclic) bond motifs is 1. The molecule has 4 rings (SSSR count). The van der Waals surface area contributed by atoms with Gasteiger partial charge in [-0.25, -0.2) is 4.79 Å². The molecule has 1 fully saturated rings. The quantitative estimate of drug-likeness (QED) is 0.656. The monoisotopic (exact) mass is 365 g/mol. The maximum atomic E-state index is 12.8. The van der Waals surface area contributed by atoms with Crippen LogP contribution in [0, 0.1) is 5.92 Å². The van der Waals surface area contributed by atoms with Gasteiger partial charge in [-0.15, -0.1) is 0 Å². The van der Waals surface area contributed by atoms with Crippen molar-refractivity contribution in [1.82, 2.24) is 5.16 Å². The fraction of sp³-hybridized carbons (Fsp3) is 0.286. The Hall–Kier alpha value is -3.15. The first kappa shape index (κ1) is 17.3. The summed E-state index contributed by atoms with van der Waals surface area (Å²) in [5.41, 5.74) is 3.79. The molecule has 1 N–H and O–H groups in total. The van der Waals surface area contributed by atoms with Crippen molar-refractivity contribution >= 4 is 11.8 Å². The average Bonchev–Trinajstić information content (AvgIpc) is 3.36. The van der Waals surface area contributed by atoms with E-state index >= 15 is 0 Å². The third kappa shape index (κ3) is 3.43. The normalized spacial score (nSPS) is 14.5. The predicted molar refractivity (Wildman–Crippen MR) is 98.0 cm³/mol. The Morgan fingerprint density at radius 3 is 2.52 bits per heavy atom. The molecule has 0 bridgehead atoms. The lowest BCUT2D eigenvalue weighted by atomic mass is 9.94. The minimum absolute atomic E-state index is 0.109. The molecule has 0 saturated heterocycles. The lowest BCUT2D eigenvalue weighted by Gasteiger charge is -2.10. The summed E-state index contributed by atoms with van der Waals surface area (Å²) in [4.78, 5) is 23.4. The molecule has 27 heavy (non-hydrogen) atoms.